The Morgan fingerprint density at radius 3 is 2.44 bits per heavy atom. The van der Waals surface area contributed by atoms with Crippen molar-refractivity contribution < 1.29 is 4.79 Å². The molecule has 0 spiro atoms. The Hall–Kier alpha value is -3.49. The average Bonchev–Trinajstić information content (AvgIpc) is 2.97. The van der Waals surface area contributed by atoms with Gasteiger partial charge in [-0.2, -0.15) is 20.1 Å². The third kappa shape index (κ3) is 4.20. The highest BCUT2D eigenvalue weighted by Crippen LogP contribution is 2.13. The van der Waals surface area contributed by atoms with Gasteiger partial charge in [-0.3, -0.25) is 4.79 Å². The van der Waals surface area contributed by atoms with E-state index in [9.17, 15) is 4.79 Å². The van der Waals surface area contributed by atoms with Gasteiger partial charge in [-0.1, -0.05) is 0 Å². The predicted molar refractivity (Wildman–Crippen MR) is 103 cm³/mol. The van der Waals surface area contributed by atoms with Crippen LogP contribution in [0.2, 0.25) is 0 Å². The van der Waals surface area contributed by atoms with E-state index < -0.39 is 0 Å². The molecule has 0 saturated carbocycles. The Bertz CT molecular complexity index is 962. The summed E-state index contributed by atoms with van der Waals surface area (Å²) in [7, 11) is 3.61. The van der Waals surface area contributed by atoms with Crippen LogP contribution in [0.25, 0.3) is 5.69 Å². The lowest BCUT2D eigenvalue weighted by Gasteiger charge is -2.12. The van der Waals surface area contributed by atoms with Crippen LogP contribution in [0.1, 0.15) is 27.6 Å². The van der Waals surface area contributed by atoms with Crippen molar-refractivity contribution >= 4 is 17.8 Å². The van der Waals surface area contributed by atoms with Gasteiger partial charge in [0, 0.05) is 25.4 Å². The molecular weight excluding hydrogens is 344 g/mol. The highest BCUT2D eigenvalue weighted by Gasteiger charge is 2.10. The molecule has 140 valence electrons. The minimum atomic E-state index is -0.222. The number of rotatable bonds is 5. The smallest absolute Gasteiger partial charge is 0.251 e. The molecule has 27 heavy (non-hydrogen) atoms. The minimum absolute atomic E-state index is 0.118. The molecule has 0 aliphatic heterocycles. The van der Waals surface area contributed by atoms with Gasteiger partial charge in [-0.25, -0.2) is 4.68 Å². The Kier molecular flexibility index (Phi) is 5.02. The largest absolute Gasteiger partial charge is 0.368 e. The Balaban J connectivity index is 1.69. The van der Waals surface area contributed by atoms with Crippen LogP contribution < -0.4 is 16.0 Å². The number of hydrogen-bond acceptors (Lipinski definition) is 7. The van der Waals surface area contributed by atoms with Crippen molar-refractivity contribution in [2.75, 3.05) is 24.7 Å². The second-order valence-corrected chi connectivity index (χ2v) is 6.37. The van der Waals surface area contributed by atoms with Crippen LogP contribution in [0.15, 0.2) is 30.3 Å². The van der Waals surface area contributed by atoms with Gasteiger partial charge in [-0.05, 0) is 44.2 Å². The van der Waals surface area contributed by atoms with E-state index in [-0.39, 0.29) is 18.4 Å². The van der Waals surface area contributed by atoms with E-state index in [0.717, 1.165) is 17.1 Å². The van der Waals surface area contributed by atoms with Gasteiger partial charge in [0.25, 0.3) is 5.91 Å². The van der Waals surface area contributed by atoms with Crippen molar-refractivity contribution in [3.63, 3.8) is 0 Å². The van der Waals surface area contributed by atoms with E-state index >= 15 is 0 Å². The number of nitrogen functional groups attached to an aromatic ring is 1. The number of carbonyl (C=O) groups is 1. The van der Waals surface area contributed by atoms with E-state index in [0.29, 0.717) is 17.3 Å². The molecule has 1 amide bonds. The Morgan fingerprint density at radius 2 is 1.85 bits per heavy atom. The van der Waals surface area contributed by atoms with Crippen LogP contribution in [0, 0.1) is 13.8 Å². The third-order valence-electron chi connectivity index (χ3n) is 3.88. The zero-order chi connectivity index (χ0) is 19.6. The number of aryl methyl sites for hydroxylation is 2. The minimum Gasteiger partial charge on any atom is -0.368 e. The maximum Gasteiger partial charge on any atom is 0.251 e. The van der Waals surface area contributed by atoms with Crippen LogP contribution in [0.4, 0.5) is 11.9 Å². The molecule has 2 heterocycles. The molecule has 0 atom stereocenters. The number of hydrogen-bond donors (Lipinski definition) is 2. The summed E-state index contributed by atoms with van der Waals surface area (Å²) in [6, 6.07) is 9.24. The van der Waals surface area contributed by atoms with Crippen LogP contribution in [-0.2, 0) is 6.54 Å². The molecule has 0 unspecified atom stereocenters. The molecule has 0 aliphatic carbocycles. The molecular formula is C18H22N8O. The van der Waals surface area contributed by atoms with Crippen molar-refractivity contribution in [2.24, 2.45) is 0 Å². The highest BCUT2D eigenvalue weighted by molar-refractivity contribution is 5.94. The summed E-state index contributed by atoms with van der Waals surface area (Å²) >= 11 is 0. The lowest BCUT2D eigenvalue weighted by Crippen LogP contribution is -2.25. The quantitative estimate of drug-likeness (QED) is 0.698. The van der Waals surface area contributed by atoms with Crippen molar-refractivity contribution in [1.29, 1.82) is 0 Å². The van der Waals surface area contributed by atoms with E-state index in [1.54, 1.807) is 17.0 Å². The molecule has 3 rings (SSSR count). The first-order chi connectivity index (χ1) is 12.8. The number of anilines is 2. The number of nitrogens with zero attached hydrogens (tertiary/aromatic N) is 6. The van der Waals surface area contributed by atoms with Crippen molar-refractivity contribution in [1.82, 2.24) is 30.0 Å². The van der Waals surface area contributed by atoms with Crippen LogP contribution in [-0.4, -0.2) is 44.7 Å². The lowest BCUT2D eigenvalue weighted by atomic mass is 10.2. The number of benzene rings is 1. The standard InChI is InChI=1S/C18H22N8O/c1-11-9-12(2)26(24-11)14-7-5-13(6-8-14)16(27)20-10-15-21-17(19)23-18(22-15)25(3)4/h5-9H,10H2,1-4H3,(H,20,27)(H2,19,21,22,23). The van der Waals surface area contributed by atoms with Gasteiger partial charge in [0.2, 0.25) is 11.9 Å². The zero-order valence-corrected chi connectivity index (χ0v) is 15.8. The SMILES string of the molecule is Cc1cc(C)n(-c2ccc(C(=O)NCc3nc(N)nc(N(C)C)n3)cc2)n1. The third-order valence-corrected chi connectivity index (χ3v) is 3.88. The molecule has 0 radical (unpaired) electrons. The second kappa shape index (κ2) is 7.40. The zero-order valence-electron chi connectivity index (χ0n) is 15.8. The number of aromatic nitrogens is 5. The molecule has 9 nitrogen and oxygen atoms in total. The summed E-state index contributed by atoms with van der Waals surface area (Å²) in [5.41, 5.74) is 9.11. The number of amides is 1. The van der Waals surface area contributed by atoms with Crippen molar-refractivity contribution in [3.8, 4) is 5.69 Å². The van der Waals surface area contributed by atoms with Gasteiger partial charge in [-0.15, -0.1) is 0 Å². The van der Waals surface area contributed by atoms with Crippen LogP contribution in [0.3, 0.4) is 0 Å². The van der Waals surface area contributed by atoms with Crippen molar-refractivity contribution in [2.45, 2.75) is 20.4 Å². The summed E-state index contributed by atoms with van der Waals surface area (Å²) in [6.45, 7) is 4.09. The average molecular weight is 366 g/mol. The molecule has 3 N–H and O–H groups in total. The van der Waals surface area contributed by atoms with Crippen molar-refractivity contribution in [3.05, 3.63) is 53.1 Å². The Morgan fingerprint density at radius 1 is 1.15 bits per heavy atom. The summed E-state index contributed by atoms with van der Waals surface area (Å²) in [5.74, 6) is 0.743. The highest BCUT2D eigenvalue weighted by atomic mass is 16.1. The molecule has 9 heteroatoms. The molecule has 0 bridgehead atoms. The number of nitrogens with two attached hydrogens (primary N) is 1. The fourth-order valence-electron chi connectivity index (χ4n) is 2.61. The number of carbonyl (C=O) groups excluding carboxylic acids is 1. The van der Waals surface area contributed by atoms with E-state index in [4.69, 9.17) is 5.73 Å². The molecule has 2 aromatic heterocycles. The van der Waals surface area contributed by atoms with Gasteiger partial charge in [0.1, 0.15) is 0 Å². The molecule has 0 fully saturated rings. The van der Waals surface area contributed by atoms with Gasteiger partial charge in [0.05, 0.1) is 17.9 Å². The maximum absolute atomic E-state index is 12.4. The number of nitrogens with one attached hydrogen (secondary N) is 1. The Labute approximate surface area is 157 Å². The maximum atomic E-state index is 12.4. The molecule has 3 aromatic rings. The summed E-state index contributed by atoms with van der Waals surface area (Å²) < 4.78 is 1.84. The second-order valence-electron chi connectivity index (χ2n) is 6.37. The van der Waals surface area contributed by atoms with Crippen LogP contribution >= 0.6 is 0 Å². The molecule has 0 aliphatic rings. The fourth-order valence-corrected chi connectivity index (χ4v) is 2.61. The summed E-state index contributed by atoms with van der Waals surface area (Å²) in [4.78, 5) is 26.5. The van der Waals surface area contributed by atoms with Crippen LogP contribution in [0.5, 0.6) is 0 Å². The summed E-state index contributed by atoms with van der Waals surface area (Å²) in [5, 5.41) is 7.23. The topological polar surface area (TPSA) is 115 Å². The van der Waals surface area contributed by atoms with E-state index in [2.05, 4.69) is 25.4 Å². The molecule has 0 saturated heterocycles. The van der Waals surface area contributed by atoms with Gasteiger partial charge >= 0.3 is 0 Å². The van der Waals surface area contributed by atoms with E-state index in [1.807, 2.05) is 50.8 Å². The first-order valence-corrected chi connectivity index (χ1v) is 8.43. The monoisotopic (exact) mass is 366 g/mol. The lowest BCUT2D eigenvalue weighted by molar-refractivity contribution is 0.0950. The normalized spacial score (nSPS) is 10.7. The predicted octanol–water partition coefficient (Wildman–Crippen LogP) is 1.25. The first kappa shape index (κ1) is 18.3. The molecule has 1 aromatic carbocycles. The van der Waals surface area contributed by atoms with Gasteiger partial charge in [0.15, 0.2) is 5.82 Å². The van der Waals surface area contributed by atoms with Gasteiger partial charge < -0.3 is 16.0 Å². The first-order valence-electron chi connectivity index (χ1n) is 8.43. The summed E-state index contributed by atoms with van der Waals surface area (Å²) in [6.07, 6.45) is 0. The fraction of sp³-hybridized carbons (Fsp3) is 0.278. The van der Waals surface area contributed by atoms with E-state index in [1.165, 1.54) is 0 Å².